The molecule has 140 valence electrons. The van der Waals surface area contributed by atoms with Crippen molar-refractivity contribution in [2.45, 2.75) is 26.2 Å². The van der Waals surface area contributed by atoms with E-state index < -0.39 is 11.0 Å². The third-order valence-corrected chi connectivity index (χ3v) is 4.40. The molecule has 0 radical (unpaired) electrons. The van der Waals surface area contributed by atoms with Gasteiger partial charge in [0.05, 0.1) is 21.6 Å². The second kappa shape index (κ2) is 6.39. The summed E-state index contributed by atoms with van der Waals surface area (Å²) in [4.78, 5) is 28.2. The third-order valence-electron chi connectivity index (χ3n) is 4.40. The number of nitro benzene ring substituents is 1. The molecule has 2 aromatic carbocycles. The van der Waals surface area contributed by atoms with Crippen molar-refractivity contribution in [3.05, 3.63) is 58.1 Å². The molecule has 1 N–H and O–H groups in total. The molecule has 8 nitrogen and oxygen atoms in total. The lowest BCUT2D eigenvalue weighted by molar-refractivity contribution is -0.384. The Morgan fingerprint density at radius 3 is 2.48 bits per heavy atom. The minimum atomic E-state index is -1.18. The molecule has 3 aromatic rings. The molecular formula is C19H20N4O4. The van der Waals surface area contributed by atoms with Crippen LogP contribution < -0.4 is 4.90 Å². The number of fused-ring (bicyclic) bond motifs is 1. The lowest BCUT2D eigenvalue weighted by atomic mass is 9.85. The van der Waals surface area contributed by atoms with Crippen molar-refractivity contribution in [3.8, 4) is 0 Å². The molecule has 0 fully saturated rings. The first-order chi connectivity index (χ1) is 12.6. The Morgan fingerprint density at radius 1 is 1.22 bits per heavy atom. The van der Waals surface area contributed by atoms with Gasteiger partial charge in [-0.25, -0.2) is 14.7 Å². The fourth-order valence-electron chi connectivity index (χ4n) is 3.09. The van der Waals surface area contributed by atoms with Crippen molar-refractivity contribution in [2.24, 2.45) is 7.05 Å². The predicted octanol–water partition coefficient (Wildman–Crippen LogP) is 4.60. The molecule has 0 bridgehead atoms. The molecule has 0 unspecified atom stereocenters. The summed E-state index contributed by atoms with van der Waals surface area (Å²) in [5.41, 5.74) is 1.95. The number of carbonyl (C=O) groups is 1. The molecule has 0 saturated carbocycles. The number of para-hydroxylation sites is 1. The monoisotopic (exact) mass is 368 g/mol. The molecule has 1 aromatic heterocycles. The molecule has 3 rings (SSSR count). The number of benzene rings is 2. The Bertz CT molecular complexity index is 1050. The van der Waals surface area contributed by atoms with Crippen LogP contribution in [0.15, 0.2) is 42.5 Å². The molecule has 8 heteroatoms. The summed E-state index contributed by atoms with van der Waals surface area (Å²) in [6.45, 7) is 6.01. The Hall–Kier alpha value is -3.42. The zero-order valence-corrected chi connectivity index (χ0v) is 15.5. The van der Waals surface area contributed by atoms with E-state index in [1.54, 1.807) is 29.8 Å². The highest BCUT2D eigenvalue weighted by Crippen LogP contribution is 2.36. The van der Waals surface area contributed by atoms with Gasteiger partial charge in [0.2, 0.25) is 5.95 Å². The largest absolute Gasteiger partial charge is 0.464 e. The second-order valence-electron chi connectivity index (χ2n) is 7.29. The fourth-order valence-corrected chi connectivity index (χ4v) is 3.09. The quantitative estimate of drug-likeness (QED) is 0.538. The van der Waals surface area contributed by atoms with Crippen LogP contribution >= 0.6 is 0 Å². The van der Waals surface area contributed by atoms with E-state index in [0.29, 0.717) is 16.7 Å². The summed E-state index contributed by atoms with van der Waals surface area (Å²) < 4.78 is 1.62. The van der Waals surface area contributed by atoms with Crippen LogP contribution in [0.5, 0.6) is 0 Å². The van der Waals surface area contributed by atoms with E-state index in [-0.39, 0.29) is 17.1 Å². The van der Waals surface area contributed by atoms with Gasteiger partial charge in [-0.1, -0.05) is 39.0 Å². The van der Waals surface area contributed by atoms with Crippen LogP contribution in [-0.4, -0.2) is 25.7 Å². The van der Waals surface area contributed by atoms with Crippen LogP contribution in [0.3, 0.4) is 0 Å². The molecule has 0 atom stereocenters. The van der Waals surface area contributed by atoms with Gasteiger partial charge < -0.3 is 9.67 Å². The van der Waals surface area contributed by atoms with Crippen LogP contribution in [0.1, 0.15) is 26.3 Å². The molecular weight excluding hydrogens is 348 g/mol. The normalized spacial score (nSPS) is 11.6. The zero-order valence-electron chi connectivity index (χ0n) is 15.5. The summed E-state index contributed by atoms with van der Waals surface area (Å²) in [5.74, 6) is 0.176. The maximum atomic E-state index is 12.1. The maximum Gasteiger partial charge on any atom is 0.418 e. The topological polar surface area (TPSA) is 102 Å². The van der Waals surface area contributed by atoms with Gasteiger partial charge in [0.25, 0.3) is 5.69 Å². The number of aromatic nitrogens is 2. The summed E-state index contributed by atoms with van der Waals surface area (Å²) in [7, 11) is 1.69. The highest BCUT2D eigenvalue weighted by atomic mass is 16.6. The lowest BCUT2D eigenvalue weighted by Gasteiger charge is -2.27. The van der Waals surface area contributed by atoms with Crippen molar-refractivity contribution in [2.75, 3.05) is 4.90 Å². The van der Waals surface area contributed by atoms with Gasteiger partial charge >= 0.3 is 6.09 Å². The Morgan fingerprint density at radius 2 is 1.89 bits per heavy atom. The summed E-state index contributed by atoms with van der Waals surface area (Å²) in [6, 6.07) is 11.5. The number of imidazole rings is 1. The first kappa shape index (κ1) is 18.4. The van der Waals surface area contributed by atoms with E-state index >= 15 is 0 Å². The zero-order chi connectivity index (χ0) is 19.9. The average Bonchev–Trinajstić information content (AvgIpc) is 2.90. The van der Waals surface area contributed by atoms with Crippen molar-refractivity contribution < 1.29 is 14.8 Å². The highest BCUT2D eigenvalue weighted by Gasteiger charge is 2.29. The van der Waals surface area contributed by atoms with E-state index in [0.717, 1.165) is 10.5 Å². The summed E-state index contributed by atoms with van der Waals surface area (Å²) in [5, 5.41) is 20.9. The van der Waals surface area contributed by atoms with Crippen LogP contribution in [0, 0.1) is 10.1 Å². The van der Waals surface area contributed by atoms with Gasteiger partial charge in [-0.15, -0.1) is 0 Å². The van der Waals surface area contributed by atoms with Crippen molar-refractivity contribution in [3.63, 3.8) is 0 Å². The number of non-ortho nitro benzene ring substituents is 1. The highest BCUT2D eigenvalue weighted by molar-refractivity contribution is 5.96. The number of nitrogens with zero attached hydrogens (tertiary/aromatic N) is 4. The number of hydrogen-bond donors (Lipinski definition) is 1. The Balaban J connectivity index is 2.25. The smallest absolute Gasteiger partial charge is 0.418 e. The molecule has 1 heterocycles. The number of anilines is 2. The molecule has 1 amide bonds. The van der Waals surface area contributed by atoms with E-state index in [1.807, 2.05) is 32.9 Å². The van der Waals surface area contributed by atoms with Gasteiger partial charge in [-0.05, 0) is 23.1 Å². The van der Waals surface area contributed by atoms with E-state index in [4.69, 9.17) is 0 Å². The first-order valence-electron chi connectivity index (χ1n) is 8.34. The third kappa shape index (κ3) is 3.21. The molecule has 27 heavy (non-hydrogen) atoms. The number of aryl methyl sites for hydroxylation is 1. The van der Waals surface area contributed by atoms with Gasteiger partial charge in [-0.3, -0.25) is 10.1 Å². The minimum absolute atomic E-state index is 0.0934. The molecule has 0 aliphatic rings. The number of carboxylic acid groups (broad SMARTS) is 1. The maximum absolute atomic E-state index is 12.1. The van der Waals surface area contributed by atoms with Gasteiger partial charge in [0, 0.05) is 19.2 Å². The van der Waals surface area contributed by atoms with Crippen molar-refractivity contribution >= 4 is 34.4 Å². The fraction of sp³-hybridized carbons (Fsp3) is 0.263. The molecule has 0 aliphatic heterocycles. The van der Waals surface area contributed by atoms with Crippen LogP contribution in [0.2, 0.25) is 0 Å². The molecule has 0 saturated heterocycles. The van der Waals surface area contributed by atoms with Crippen molar-refractivity contribution in [1.29, 1.82) is 0 Å². The summed E-state index contributed by atoms with van der Waals surface area (Å²) in [6.07, 6.45) is -1.18. The van der Waals surface area contributed by atoms with Gasteiger partial charge in [-0.2, -0.15) is 0 Å². The average molecular weight is 368 g/mol. The van der Waals surface area contributed by atoms with Crippen LogP contribution in [-0.2, 0) is 12.5 Å². The Labute approximate surface area is 155 Å². The number of rotatable bonds is 3. The van der Waals surface area contributed by atoms with Gasteiger partial charge in [0.15, 0.2) is 0 Å². The number of hydrogen-bond acceptors (Lipinski definition) is 4. The van der Waals surface area contributed by atoms with E-state index in [2.05, 4.69) is 4.98 Å². The van der Waals surface area contributed by atoms with Crippen LogP contribution in [0.25, 0.3) is 11.0 Å². The van der Waals surface area contributed by atoms with E-state index in [9.17, 15) is 20.0 Å². The minimum Gasteiger partial charge on any atom is -0.464 e. The molecule has 0 spiro atoms. The Kier molecular flexibility index (Phi) is 4.35. The summed E-state index contributed by atoms with van der Waals surface area (Å²) >= 11 is 0. The van der Waals surface area contributed by atoms with Crippen LogP contribution in [0.4, 0.5) is 22.1 Å². The van der Waals surface area contributed by atoms with E-state index in [1.165, 1.54) is 12.1 Å². The number of amides is 1. The SMILES string of the molecule is Cn1c(N(C(=O)O)c2ccccc2C(C)(C)C)nc2cc([N+](=O)[O-])ccc21. The van der Waals surface area contributed by atoms with Gasteiger partial charge in [0.1, 0.15) is 0 Å². The lowest BCUT2D eigenvalue weighted by Crippen LogP contribution is -2.29. The standard InChI is InChI=1S/C19H20N4O4/c1-19(2,3)13-7-5-6-8-15(13)22(18(24)25)17-20-14-11-12(23(26)27)9-10-16(14)21(17)4/h5-11H,1-4H3,(H,24,25). The molecule has 0 aliphatic carbocycles. The first-order valence-corrected chi connectivity index (χ1v) is 8.34. The predicted molar refractivity (Wildman–Crippen MR) is 103 cm³/mol. The number of nitro groups is 1. The second-order valence-corrected chi connectivity index (χ2v) is 7.29. The van der Waals surface area contributed by atoms with Crippen molar-refractivity contribution in [1.82, 2.24) is 9.55 Å².